The summed E-state index contributed by atoms with van der Waals surface area (Å²) in [5.74, 6) is -1.24. The van der Waals surface area contributed by atoms with Gasteiger partial charge < -0.3 is 15.2 Å². The van der Waals surface area contributed by atoms with Crippen LogP contribution in [-0.2, 0) is 22.4 Å². The molecule has 0 bridgehead atoms. The van der Waals surface area contributed by atoms with Gasteiger partial charge in [0.2, 0.25) is 0 Å². The van der Waals surface area contributed by atoms with Gasteiger partial charge in [0.25, 0.3) is 5.91 Å². The predicted octanol–water partition coefficient (Wildman–Crippen LogP) is 1.99. The minimum atomic E-state index is -1.18. The molecule has 1 amide bonds. The van der Waals surface area contributed by atoms with Gasteiger partial charge in [-0.25, -0.2) is 4.79 Å². The van der Waals surface area contributed by atoms with E-state index in [9.17, 15) is 14.7 Å². The lowest BCUT2D eigenvalue weighted by atomic mass is 9.90. The van der Waals surface area contributed by atoms with E-state index in [-0.39, 0.29) is 5.91 Å². The van der Waals surface area contributed by atoms with Crippen molar-refractivity contribution in [1.29, 1.82) is 0 Å². The Morgan fingerprint density at radius 3 is 2.62 bits per heavy atom. The number of nitrogens with one attached hydrogen (secondary N) is 1. The van der Waals surface area contributed by atoms with E-state index in [2.05, 4.69) is 5.32 Å². The minimum Gasteiger partial charge on any atom is -0.480 e. The maximum atomic E-state index is 12.4. The standard InChI is InChI=1S/C15H19NO4S/c17-13(12-9-10-3-1-2-4-11(10)21-12)16-15(14(18)19)5-7-20-8-6-15/h9H,1-8H2,(H,16,17)(H,18,19). The summed E-state index contributed by atoms with van der Waals surface area (Å²) in [6.45, 7) is 0.737. The molecule has 2 N–H and O–H groups in total. The molecule has 0 spiro atoms. The molecule has 1 aromatic rings. The van der Waals surface area contributed by atoms with Gasteiger partial charge in [-0.1, -0.05) is 0 Å². The first-order valence-electron chi connectivity index (χ1n) is 7.36. The van der Waals surface area contributed by atoms with E-state index in [1.807, 2.05) is 6.07 Å². The van der Waals surface area contributed by atoms with Gasteiger partial charge in [-0.3, -0.25) is 4.79 Å². The molecule has 1 fully saturated rings. The zero-order valence-corrected chi connectivity index (χ0v) is 12.6. The molecule has 114 valence electrons. The number of ether oxygens (including phenoxy) is 1. The molecule has 1 saturated heterocycles. The van der Waals surface area contributed by atoms with Crippen molar-refractivity contribution in [2.45, 2.75) is 44.1 Å². The summed E-state index contributed by atoms with van der Waals surface area (Å²) in [6.07, 6.45) is 5.03. The van der Waals surface area contributed by atoms with Crippen molar-refractivity contribution >= 4 is 23.2 Å². The quantitative estimate of drug-likeness (QED) is 0.895. The molecule has 2 heterocycles. The molecule has 21 heavy (non-hydrogen) atoms. The lowest BCUT2D eigenvalue weighted by molar-refractivity contribution is -0.148. The fourth-order valence-corrected chi connectivity index (χ4v) is 4.14. The maximum absolute atomic E-state index is 12.4. The number of carbonyl (C=O) groups is 2. The Kier molecular flexibility index (Phi) is 3.99. The second-order valence-electron chi connectivity index (χ2n) is 5.72. The molecular weight excluding hydrogens is 290 g/mol. The minimum absolute atomic E-state index is 0.265. The molecule has 6 heteroatoms. The van der Waals surface area contributed by atoms with E-state index >= 15 is 0 Å². The lowest BCUT2D eigenvalue weighted by Gasteiger charge is -2.33. The van der Waals surface area contributed by atoms with Crippen LogP contribution in [0, 0.1) is 0 Å². The number of amides is 1. The molecule has 1 aliphatic heterocycles. The van der Waals surface area contributed by atoms with E-state index < -0.39 is 11.5 Å². The van der Waals surface area contributed by atoms with Crippen molar-refractivity contribution in [2.75, 3.05) is 13.2 Å². The van der Waals surface area contributed by atoms with E-state index in [1.165, 1.54) is 34.6 Å². The number of aliphatic carboxylic acids is 1. The average Bonchev–Trinajstić information content (AvgIpc) is 2.92. The summed E-state index contributed by atoms with van der Waals surface area (Å²) in [4.78, 5) is 25.9. The Bertz CT molecular complexity index is 537. The number of aryl methyl sites for hydroxylation is 2. The first kappa shape index (κ1) is 14.5. The van der Waals surface area contributed by atoms with Gasteiger partial charge in [-0.05, 0) is 37.3 Å². The average molecular weight is 309 g/mol. The molecule has 1 aromatic heterocycles. The van der Waals surface area contributed by atoms with Crippen molar-refractivity contribution in [3.8, 4) is 0 Å². The van der Waals surface area contributed by atoms with Crippen LogP contribution < -0.4 is 5.32 Å². The Labute approximate surface area is 127 Å². The highest BCUT2D eigenvalue weighted by Crippen LogP contribution is 2.30. The van der Waals surface area contributed by atoms with Crippen LogP contribution >= 0.6 is 11.3 Å². The Balaban J connectivity index is 1.78. The lowest BCUT2D eigenvalue weighted by Crippen LogP contribution is -2.57. The highest BCUT2D eigenvalue weighted by molar-refractivity contribution is 7.14. The monoisotopic (exact) mass is 309 g/mol. The Morgan fingerprint density at radius 1 is 1.24 bits per heavy atom. The highest BCUT2D eigenvalue weighted by atomic mass is 32.1. The van der Waals surface area contributed by atoms with Crippen LogP contribution in [0.1, 0.15) is 45.8 Å². The third-order valence-electron chi connectivity index (χ3n) is 4.33. The number of hydrogen-bond donors (Lipinski definition) is 2. The zero-order valence-electron chi connectivity index (χ0n) is 11.8. The largest absolute Gasteiger partial charge is 0.480 e. The normalized spacial score (nSPS) is 20.6. The first-order chi connectivity index (χ1) is 10.1. The number of thiophene rings is 1. The molecule has 3 rings (SSSR count). The number of carboxylic acids is 1. The number of fused-ring (bicyclic) bond motifs is 1. The molecular formula is C15H19NO4S. The van der Waals surface area contributed by atoms with Crippen LogP contribution in [0.2, 0.25) is 0 Å². The van der Waals surface area contributed by atoms with Crippen molar-refractivity contribution in [1.82, 2.24) is 5.32 Å². The van der Waals surface area contributed by atoms with Gasteiger partial charge in [0.05, 0.1) is 4.88 Å². The summed E-state index contributed by atoms with van der Waals surface area (Å²) in [7, 11) is 0. The topological polar surface area (TPSA) is 75.6 Å². The fraction of sp³-hybridized carbons (Fsp3) is 0.600. The summed E-state index contributed by atoms with van der Waals surface area (Å²) in [6, 6.07) is 1.93. The third-order valence-corrected chi connectivity index (χ3v) is 5.56. The van der Waals surface area contributed by atoms with Crippen LogP contribution in [0.5, 0.6) is 0 Å². The first-order valence-corrected chi connectivity index (χ1v) is 8.18. The summed E-state index contributed by atoms with van der Waals surface area (Å²) in [5.41, 5.74) is 0.0765. The fourth-order valence-electron chi connectivity index (χ4n) is 2.99. The molecule has 2 aliphatic rings. The summed E-state index contributed by atoms with van der Waals surface area (Å²) < 4.78 is 5.22. The Morgan fingerprint density at radius 2 is 1.95 bits per heavy atom. The van der Waals surface area contributed by atoms with Gasteiger partial charge in [0.15, 0.2) is 0 Å². The van der Waals surface area contributed by atoms with E-state index in [0.717, 1.165) is 12.8 Å². The molecule has 5 nitrogen and oxygen atoms in total. The molecule has 0 unspecified atom stereocenters. The van der Waals surface area contributed by atoms with Crippen molar-refractivity contribution in [3.05, 3.63) is 21.4 Å². The maximum Gasteiger partial charge on any atom is 0.329 e. The van der Waals surface area contributed by atoms with Crippen LogP contribution in [0.25, 0.3) is 0 Å². The van der Waals surface area contributed by atoms with Gasteiger partial charge in [0, 0.05) is 30.9 Å². The third kappa shape index (κ3) is 2.82. The van der Waals surface area contributed by atoms with Crippen LogP contribution in [0.4, 0.5) is 0 Å². The van der Waals surface area contributed by atoms with Crippen molar-refractivity contribution in [2.24, 2.45) is 0 Å². The van der Waals surface area contributed by atoms with Gasteiger partial charge in [-0.2, -0.15) is 0 Å². The zero-order chi connectivity index (χ0) is 14.9. The summed E-state index contributed by atoms with van der Waals surface area (Å²) >= 11 is 1.51. The van der Waals surface area contributed by atoms with Gasteiger partial charge in [0.1, 0.15) is 5.54 Å². The molecule has 0 radical (unpaired) electrons. The number of carboxylic acid groups (broad SMARTS) is 1. The molecule has 0 saturated carbocycles. The number of carbonyl (C=O) groups excluding carboxylic acids is 1. The van der Waals surface area contributed by atoms with Crippen LogP contribution in [-0.4, -0.2) is 35.7 Å². The Hall–Kier alpha value is -1.40. The van der Waals surface area contributed by atoms with Crippen molar-refractivity contribution in [3.63, 3.8) is 0 Å². The smallest absolute Gasteiger partial charge is 0.329 e. The molecule has 1 aliphatic carbocycles. The van der Waals surface area contributed by atoms with Gasteiger partial charge in [-0.15, -0.1) is 11.3 Å². The van der Waals surface area contributed by atoms with E-state index in [4.69, 9.17) is 4.74 Å². The summed E-state index contributed by atoms with van der Waals surface area (Å²) in [5, 5.41) is 12.2. The van der Waals surface area contributed by atoms with E-state index in [0.29, 0.717) is 30.9 Å². The van der Waals surface area contributed by atoms with Crippen LogP contribution in [0.3, 0.4) is 0 Å². The molecule has 0 atom stereocenters. The van der Waals surface area contributed by atoms with Crippen molar-refractivity contribution < 1.29 is 19.4 Å². The number of rotatable bonds is 3. The second kappa shape index (κ2) is 5.77. The van der Waals surface area contributed by atoms with E-state index in [1.54, 1.807) is 0 Å². The molecule has 0 aromatic carbocycles. The van der Waals surface area contributed by atoms with Crippen LogP contribution in [0.15, 0.2) is 6.07 Å². The van der Waals surface area contributed by atoms with Gasteiger partial charge >= 0.3 is 5.97 Å². The highest BCUT2D eigenvalue weighted by Gasteiger charge is 2.42. The predicted molar refractivity (Wildman–Crippen MR) is 78.8 cm³/mol. The SMILES string of the molecule is O=C(NC1(C(=O)O)CCOCC1)c1cc2c(s1)CCCC2. The number of hydrogen-bond acceptors (Lipinski definition) is 4. The second-order valence-corrected chi connectivity index (χ2v) is 6.86.